The summed E-state index contributed by atoms with van der Waals surface area (Å²) in [6, 6.07) is 23.3. The summed E-state index contributed by atoms with van der Waals surface area (Å²) in [6.07, 6.45) is 0. The molecule has 25 heavy (non-hydrogen) atoms. The molecule has 0 aliphatic carbocycles. The largest absolute Gasteiger partial charge is 0.507 e. The molecule has 0 radical (unpaired) electrons. The molecule has 0 aromatic heterocycles. The highest BCUT2D eigenvalue weighted by Crippen LogP contribution is 2.38. The maximum absolute atomic E-state index is 10.8. The minimum Gasteiger partial charge on any atom is -0.507 e. The number of nitrogens with zero attached hydrogens (tertiary/aromatic N) is 1. The molecule has 0 bridgehead atoms. The lowest BCUT2D eigenvalue weighted by atomic mass is 9.98. The zero-order valence-electron chi connectivity index (χ0n) is 14.5. The van der Waals surface area contributed by atoms with Crippen molar-refractivity contribution in [3.05, 3.63) is 78.4 Å². The van der Waals surface area contributed by atoms with Gasteiger partial charge < -0.3 is 9.84 Å². The summed E-state index contributed by atoms with van der Waals surface area (Å²) in [5.74, 6) is 1.04. The highest BCUT2D eigenvalue weighted by atomic mass is 16.5. The van der Waals surface area contributed by atoms with Gasteiger partial charge in [0.1, 0.15) is 12.5 Å². The number of hydrogen-bond acceptors (Lipinski definition) is 2. The van der Waals surface area contributed by atoms with Gasteiger partial charge in [0, 0.05) is 18.6 Å². The molecule has 1 unspecified atom stereocenters. The lowest BCUT2D eigenvalue weighted by Crippen LogP contribution is -2.10. The van der Waals surface area contributed by atoms with Crippen LogP contribution in [0.3, 0.4) is 0 Å². The summed E-state index contributed by atoms with van der Waals surface area (Å²) in [5.41, 5.74) is 3.50. The fourth-order valence-electron chi connectivity index (χ4n) is 2.99. The Balaban J connectivity index is 2.00. The molecule has 3 aromatic carbocycles. The van der Waals surface area contributed by atoms with Crippen LogP contribution in [0.25, 0.3) is 11.1 Å². The normalized spacial score (nSPS) is 11.8. The Bertz CT molecular complexity index is 888. The quantitative estimate of drug-likeness (QED) is 0.516. The third kappa shape index (κ3) is 3.26. The van der Waals surface area contributed by atoms with Gasteiger partial charge in [-0.3, -0.25) is 0 Å². The summed E-state index contributed by atoms with van der Waals surface area (Å²) in [4.78, 5) is 0. The lowest BCUT2D eigenvalue weighted by Gasteiger charge is -2.15. The summed E-state index contributed by atoms with van der Waals surface area (Å²) in [6.45, 7) is 6.20. The van der Waals surface area contributed by atoms with Crippen LogP contribution in [0, 0.1) is 0 Å². The summed E-state index contributed by atoms with van der Waals surface area (Å²) in [5, 5.41) is 10.8. The number of para-hydroxylation sites is 3. The van der Waals surface area contributed by atoms with Crippen LogP contribution >= 0.6 is 0 Å². The number of phenolic OH excluding ortho intramolecular Hbond substituents is 1. The van der Waals surface area contributed by atoms with Crippen LogP contribution in [0.15, 0.2) is 72.8 Å². The molecule has 1 atom stereocenters. The first-order valence-corrected chi connectivity index (χ1v) is 8.23. The minimum atomic E-state index is -0.125. The summed E-state index contributed by atoms with van der Waals surface area (Å²) in [7, 11) is 1.64. The molecular weight excluding hydrogens is 310 g/mol. The molecule has 3 rings (SSSR count). The van der Waals surface area contributed by atoms with E-state index in [1.165, 1.54) is 0 Å². The van der Waals surface area contributed by atoms with Crippen LogP contribution in [0.5, 0.6) is 11.5 Å². The van der Waals surface area contributed by atoms with Gasteiger partial charge >= 0.3 is 0 Å². The van der Waals surface area contributed by atoms with Crippen molar-refractivity contribution < 1.29 is 14.4 Å². The Morgan fingerprint density at radius 1 is 0.920 bits per heavy atom. The zero-order valence-corrected chi connectivity index (χ0v) is 14.5. The Kier molecular flexibility index (Phi) is 4.85. The first kappa shape index (κ1) is 16.8. The molecule has 126 valence electrons. The number of ether oxygens (including phenoxy) is 1. The number of hydrogen-bond donors (Lipinski definition) is 1. The maximum Gasteiger partial charge on any atom is 0.247 e. The average Bonchev–Trinajstić information content (AvgIpc) is 2.67. The van der Waals surface area contributed by atoms with E-state index in [0.29, 0.717) is 0 Å². The van der Waals surface area contributed by atoms with Crippen LogP contribution in [-0.2, 0) is 0 Å². The van der Waals surface area contributed by atoms with Gasteiger partial charge in [-0.25, -0.2) is 0 Å². The van der Waals surface area contributed by atoms with Crippen molar-refractivity contribution in [3.63, 3.8) is 0 Å². The van der Waals surface area contributed by atoms with E-state index in [1.54, 1.807) is 7.11 Å². The Morgan fingerprint density at radius 3 is 2.32 bits per heavy atom. The summed E-state index contributed by atoms with van der Waals surface area (Å²) < 4.78 is 7.30. The average molecular weight is 332 g/mol. The Labute approximate surface area is 148 Å². The van der Waals surface area contributed by atoms with Crippen molar-refractivity contribution in [2.24, 2.45) is 0 Å². The van der Waals surface area contributed by atoms with Gasteiger partial charge in [0.15, 0.2) is 11.8 Å². The predicted molar refractivity (Wildman–Crippen MR) is 102 cm³/mol. The van der Waals surface area contributed by atoms with Gasteiger partial charge in [0.05, 0.1) is 12.7 Å². The number of phenols is 1. The zero-order chi connectivity index (χ0) is 17.8. The number of rotatable bonds is 5. The predicted octanol–water partition coefficient (Wildman–Crippen LogP) is 5.17. The molecule has 1 N–H and O–H groups in total. The van der Waals surface area contributed by atoms with Crippen molar-refractivity contribution in [3.8, 4) is 22.6 Å². The van der Waals surface area contributed by atoms with E-state index >= 15 is 0 Å². The molecule has 0 amide bonds. The van der Waals surface area contributed by atoms with Crippen molar-refractivity contribution >= 4 is 12.4 Å². The summed E-state index contributed by atoms with van der Waals surface area (Å²) >= 11 is 0. The fourth-order valence-corrected chi connectivity index (χ4v) is 2.99. The van der Waals surface area contributed by atoms with Crippen LogP contribution in [0.2, 0.25) is 0 Å². The van der Waals surface area contributed by atoms with Gasteiger partial charge in [0.25, 0.3) is 0 Å². The third-order valence-electron chi connectivity index (χ3n) is 4.46. The van der Waals surface area contributed by atoms with Crippen LogP contribution < -0.4 is 4.74 Å². The van der Waals surface area contributed by atoms with E-state index in [0.717, 1.165) is 28.1 Å². The molecule has 3 aromatic rings. The molecule has 0 saturated heterocycles. The Hall–Kier alpha value is -3.07. The third-order valence-corrected chi connectivity index (χ3v) is 4.46. The first-order valence-electron chi connectivity index (χ1n) is 8.23. The fraction of sp³-hybridized carbons (Fsp3) is 0.136. The van der Waals surface area contributed by atoms with Gasteiger partial charge in [-0.1, -0.05) is 54.6 Å². The maximum atomic E-state index is 10.8. The molecule has 0 heterocycles. The molecule has 0 spiro atoms. The monoisotopic (exact) mass is 332 g/mol. The number of methoxy groups -OCH3 is 1. The van der Waals surface area contributed by atoms with E-state index in [4.69, 9.17) is 4.74 Å². The molecule has 3 heteroatoms. The second-order valence-corrected chi connectivity index (χ2v) is 5.93. The van der Waals surface area contributed by atoms with Crippen molar-refractivity contribution in [2.45, 2.75) is 13.0 Å². The van der Waals surface area contributed by atoms with E-state index in [1.807, 2.05) is 84.3 Å². The number of aromatic hydroxyl groups is 1. The minimum absolute atomic E-state index is 0.125. The standard InChI is InChI=1S/C22H21NO2/c1-16(23(2)20-14-7-8-15-21(20)25-3)18-12-9-13-19(22(18)24)17-10-5-4-6-11-17/h4-16H,2H2,1,3H3/p+1. The van der Waals surface area contributed by atoms with Crippen molar-refractivity contribution in [1.29, 1.82) is 0 Å². The Morgan fingerprint density at radius 2 is 1.60 bits per heavy atom. The topological polar surface area (TPSA) is 32.5 Å². The van der Waals surface area contributed by atoms with Gasteiger partial charge in [-0.2, -0.15) is 4.58 Å². The van der Waals surface area contributed by atoms with Crippen molar-refractivity contribution in [1.82, 2.24) is 0 Å². The van der Waals surface area contributed by atoms with Crippen molar-refractivity contribution in [2.75, 3.05) is 7.11 Å². The molecule has 0 aliphatic rings. The van der Waals surface area contributed by atoms with E-state index in [9.17, 15) is 5.11 Å². The first-order chi connectivity index (χ1) is 12.1. The van der Waals surface area contributed by atoms with E-state index in [2.05, 4.69) is 6.72 Å². The molecule has 0 saturated carbocycles. The second-order valence-electron chi connectivity index (χ2n) is 5.93. The molecule has 0 aliphatic heterocycles. The SMILES string of the molecule is C=[N+](c1ccccc1OC)C(C)c1cccc(-c2ccccc2)c1O. The molecule has 0 fully saturated rings. The molecular formula is C22H22NO2+. The van der Waals surface area contributed by atoms with Crippen LogP contribution in [0.4, 0.5) is 5.69 Å². The second kappa shape index (κ2) is 7.22. The molecule has 3 nitrogen and oxygen atoms in total. The number of benzene rings is 3. The van der Waals surface area contributed by atoms with E-state index in [-0.39, 0.29) is 11.8 Å². The van der Waals surface area contributed by atoms with Gasteiger partial charge in [0.2, 0.25) is 5.69 Å². The van der Waals surface area contributed by atoms with Gasteiger partial charge in [-0.05, 0) is 17.7 Å². The van der Waals surface area contributed by atoms with Crippen LogP contribution in [0.1, 0.15) is 18.5 Å². The van der Waals surface area contributed by atoms with E-state index < -0.39 is 0 Å². The lowest BCUT2D eigenvalue weighted by molar-refractivity contribution is -0.478. The van der Waals surface area contributed by atoms with Crippen LogP contribution in [-0.4, -0.2) is 23.5 Å². The smallest absolute Gasteiger partial charge is 0.247 e. The highest BCUT2D eigenvalue weighted by molar-refractivity contribution is 5.71. The van der Waals surface area contributed by atoms with Gasteiger partial charge in [-0.15, -0.1) is 0 Å². The highest BCUT2D eigenvalue weighted by Gasteiger charge is 2.25.